The van der Waals surface area contributed by atoms with Gasteiger partial charge in [-0.1, -0.05) is 61.5 Å². The van der Waals surface area contributed by atoms with Gasteiger partial charge in [0.05, 0.1) is 25.5 Å². The predicted octanol–water partition coefficient (Wildman–Crippen LogP) is 4.36. The Balaban J connectivity index is 1.20. The number of piperidine rings is 1. The summed E-state index contributed by atoms with van der Waals surface area (Å²) in [5, 5.41) is 15.4. The molecule has 226 valence electrons. The van der Waals surface area contributed by atoms with Crippen molar-refractivity contribution >= 4 is 23.2 Å². The van der Waals surface area contributed by atoms with E-state index in [1.165, 1.54) is 6.92 Å². The standard InChI is InChI=1S/C34H40N4O5/c1-23-30(20-37-18-16-34(17-19-37)33(41)35-22-38(34)29-6-4-3-5-7-29)42-32(27-12-14-28(15-13-27)36-24(2)40)43-31(23)26-10-8-25(21-39)9-11-26/h3-15,23,30-32,39H,16-22H2,1-2H3,(H,35,41)(H,36,40)/t23-,30+,31+,32+/m1/s1. The van der Waals surface area contributed by atoms with E-state index in [0.717, 1.165) is 60.5 Å². The van der Waals surface area contributed by atoms with Crippen molar-refractivity contribution in [3.8, 4) is 0 Å². The van der Waals surface area contributed by atoms with Crippen LogP contribution in [0.5, 0.6) is 0 Å². The first-order valence-electron chi connectivity index (χ1n) is 15.1. The van der Waals surface area contributed by atoms with Gasteiger partial charge < -0.3 is 35.0 Å². The number of likely N-dealkylation sites (tertiary alicyclic amines) is 1. The van der Waals surface area contributed by atoms with E-state index in [0.29, 0.717) is 6.67 Å². The van der Waals surface area contributed by atoms with E-state index >= 15 is 0 Å². The summed E-state index contributed by atoms with van der Waals surface area (Å²) < 4.78 is 13.2. The van der Waals surface area contributed by atoms with Crippen molar-refractivity contribution in [3.05, 3.63) is 95.6 Å². The van der Waals surface area contributed by atoms with Crippen molar-refractivity contribution in [2.24, 2.45) is 5.92 Å². The average Bonchev–Trinajstić information content (AvgIpc) is 3.34. The topological polar surface area (TPSA) is 103 Å². The van der Waals surface area contributed by atoms with Gasteiger partial charge in [0, 0.05) is 49.4 Å². The Kier molecular flexibility index (Phi) is 8.50. The van der Waals surface area contributed by atoms with Crippen LogP contribution in [0, 0.1) is 5.92 Å². The molecule has 3 saturated heterocycles. The molecular weight excluding hydrogens is 544 g/mol. The molecule has 0 radical (unpaired) electrons. The van der Waals surface area contributed by atoms with Crippen LogP contribution in [-0.4, -0.2) is 59.8 Å². The maximum Gasteiger partial charge on any atom is 0.247 e. The fourth-order valence-electron chi connectivity index (χ4n) is 6.65. The van der Waals surface area contributed by atoms with Crippen LogP contribution in [0.1, 0.15) is 55.8 Å². The highest BCUT2D eigenvalue weighted by Crippen LogP contribution is 2.43. The first kappa shape index (κ1) is 29.3. The predicted molar refractivity (Wildman–Crippen MR) is 164 cm³/mol. The molecule has 3 heterocycles. The Morgan fingerprint density at radius 1 is 0.977 bits per heavy atom. The Morgan fingerprint density at radius 2 is 1.65 bits per heavy atom. The largest absolute Gasteiger partial charge is 0.392 e. The zero-order valence-electron chi connectivity index (χ0n) is 24.7. The third-order valence-electron chi connectivity index (χ3n) is 9.15. The minimum Gasteiger partial charge on any atom is -0.392 e. The molecule has 0 aliphatic carbocycles. The highest BCUT2D eigenvalue weighted by atomic mass is 16.7. The van der Waals surface area contributed by atoms with Gasteiger partial charge in [-0.3, -0.25) is 9.59 Å². The monoisotopic (exact) mass is 584 g/mol. The minimum absolute atomic E-state index is 0.00740. The zero-order chi connectivity index (χ0) is 30.0. The number of nitrogens with one attached hydrogen (secondary N) is 2. The lowest BCUT2D eigenvalue weighted by Crippen LogP contribution is -2.57. The van der Waals surface area contributed by atoms with Gasteiger partial charge in [-0.25, -0.2) is 0 Å². The second kappa shape index (κ2) is 12.5. The number of para-hydroxylation sites is 1. The van der Waals surface area contributed by atoms with E-state index in [1.807, 2.05) is 66.7 Å². The van der Waals surface area contributed by atoms with Gasteiger partial charge in [0.15, 0.2) is 6.29 Å². The lowest BCUT2D eigenvalue weighted by atomic mass is 9.84. The van der Waals surface area contributed by atoms with Crippen LogP contribution in [0.3, 0.4) is 0 Å². The van der Waals surface area contributed by atoms with E-state index in [9.17, 15) is 14.7 Å². The molecule has 0 aromatic heterocycles. The third-order valence-corrected chi connectivity index (χ3v) is 9.15. The molecule has 1 spiro atoms. The molecular formula is C34H40N4O5. The van der Waals surface area contributed by atoms with Crippen LogP contribution in [0.4, 0.5) is 11.4 Å². The van der Waals surface area contributed by atoms with E-state index in [1.54, 1.807) is 0 Å². The maximum absolute atomic E-state index is 13.2. The van der Waals surface area contributed by atoms with Gasteiger partial charge in [0.25, 0.3) is 0 Å². The second-order valence-corrected chi connectivity index (χ2v) is 11.9. The van der Waals surface area contributed by atoms with Crippen LogP contribution in [0.15, 0.2) is 78.9 Å². The summed E-state index contributed by atoms with van der Waals surface area (Å²) in [7, 11) is 0. The van der Waals surface area contributed by atoms with Crippen molar-refractivity contribution in [1.82, 2.24) is 10.2 Å². The number of hydrogen-bond acceptors (Lipinski definition) is 7. The molecule has 3 aromatic carbocycles. The molecule has 3 aliphatic heterocycles. The Hall–Kier alpha value is -3.76. The van der Waals surface area contributed by atoms with Crippen molar-refractivity contribution in [1.29, 1.82) is 0 Å². The average molecular weight is 585 g/mol. The number of benzene rings is 3. The highest BCUT2D eigenvalue weighted by Gasteiger charge is 2.51. The molecule has 0 saturated carbocycles. The first-order valence-corrected chi connectivity index (χ1v) is 15.1. The number of amides is 2. The van der Waals surface area contributed by atoms with Gasteiger partial charge in [-0.15, -0.1) is 0 Å². The number of rotatable bonds is 7. The fourth-order valence-corrected chi connectivity index (χ4v) is 6.65. The Bertz CT molecular complexity index is 1410. The Labute approximate surface area is 252 Å². The summed E-state index contributed by atoms with van der Waals surface area (Å²) in [6.45, 7) is 6.47. The molecule has 9 nitrogen and oxygen atoms in total. The molecule has 3 fully saturated rings. The molecule has 3 N–H and O–H groups in total. The van der Waals surface area contributed by atoms with Crippen LogP contribution >= 0.6 is 0 Å². The third kappa shape index (κ3) is 6.03. The number of aliphatic hydroxyl groups is 1. The summed E-state index contributed by atoms with van der Waals surface area (Å²) in [5.41, 5.74) is 4.02. The molecule has 3 aromatic rings. The smallest absolute Gasteiger partial charge is 0.247 e. The SMILES string of the molecule is CC(=O)Nc1ccc([C@H]2O[C@@H](CN3CCC4(CC3)C(=O)NCN4c3ccccc3)[C@@H](C)[C@@H](c3ccc(CO)cc3)O2)cc1. The van der Waals surface area contributed by atoms with E-state index in [-0.39, 0.29) is 36.5 Å². The van der Waals surface area contributed by atoms with Crippen molar-refractivity contribution in [2.75, 3.05) is 36.5 Å². The van der Waals surface area contributed by atoms with Crippen LogP contribution in [0.2, 0.25) is 0 Å². The number of anilines is 2. The molecule has 3 aliphatic rings. The van der Waals surface area contributed by atoms with E-state index < -0.39 is 11.8 Å². The molecule has 0 unspecified atom stereocenters. The molecule has 2 amide bonds. The summed E-state index contributed by atoms with van der Waals surface area (Å²) in [5.74, 6) is 0.0469. The summed E-state index contributed by atoms with van der Waals surface area (Å²) in [4.78, 5) is 29.3. The van der Waals surface area contributed by atoms with Crippen molar-refractivity contribution in [3.63, 3.8) is 0 Å². The fraction of sp³-hybridized carbons (Fsp3) is 0.412. The molecule has 4 atom stereocenters. The maximum atomic E-state index is 13.2. The summed E-state index contributed by atoms with van der Waals surface area (Å²) in [6, 6.07) is 25.7. The number of aliphatic hydroxyl groups excluding tert-OH is 1. The minimum atomic E-state index is -0.583. The van der Waals surface area contributed by atoms with Gasteiger partial charge in [0.1, 0.15) is 5.54 Å². The van der Waals surface area contributed by atoms with Gasteiger partial charge in [-0.05, 0) is 48.2 Å². The van der Waals surface area contributed by atoms with Crippen molar-refractivity contribution < 1.29 is 24.2 Å². The van der Waals surface area contributed by atoms with Crippen LogP contribution < -0.4 is 15.5 Å². The summed E-state index contributed by atoms with van der Waals surface area (Å²) >= 11 is 0. The first-order chi connectivity index (χ1) is 20.9. The van der Waals surface area contributed by atoms with Crippen LogP contribution in [0.25, 0.3) is 0 Å². The number of ether oxygens (including phenoxy) is 2. The summed E-state index contributed by atoms with van der Waals surface area (Å²) in [6.07, 6.45) is 0.571. The number of nitrogens with zero attached hydrogens (tertiary/aromatic N) is 2. The van der Waals surface area contributed by atoms with Gasteiger partial charge in [0.2, 0.25) is 11.8 Å². The highest BCUT2D eigenvalue weighted by molar-refractivity contribution is 5.93. The number of carbonyl (C=O) groups excluding carboxylic acids is 2. The van der Waals surface area contributed by atoms with E-state index in [4.69, 9.17) is 9.47 Å². The van der Waals surface area contributed by atoms with Crippen LogP contribution in [-0.2, 0) is 25.7 Å². The molecule has 6 rings (SSSR count). The van der Waals surface area contributed by atoms with E-state index in [2.05, 4.69) is 39.5 Å². The quantitative estimate of drug-likeness (QED) is 0.379. The lowest BCUT2D eigenvalue weighted by Gasteiger charge is -2.46. The second-order valence-electron chi connectivity index (χ2n) is 11.9. The Morgan fingerprint density at radius 3 is 2.30 bits per heavy atom. The van der Waals surface area contributed by atoms with Gasteiger partial charge in [-0.2, -0.15) is 0 Å². The molecule has 43 heavy (non-hydrogen) atoms. The van der Waals surface area contributed by atoms with Gasteiger partial charge >= 0.3 is 0 Å². The molecule has 0 bridgehead atoms. The molecule has 9 heteroatoms. The lowest BCUT2D eigenvalue weighted by molar-refractivity contribution is -0.276. The normalized spacial score (nSPS) is 25.5. The zero-order valence-corrected chi connectivity index (χ0v) is 24.7. The number of hydrogen-bond donors (Lipinski definition) is 3. The number of carbonyl (C=O) groups is 2. The van der Waals surface area contributed by atoms with Crippen molar-refractivity contribution in [2.45, 2.75) is 57.3 Å².